The van der Waals surface area contributed by atoms with Crippen LogP contribution in [0.5, 0.6) is 5.75 Å². The Hall–Kier alpha value is -3.01. The maximum Gasteiger partial charge on any atom is 0.254 e. The molecule has 1 aliphatic heterocycles. The number of benzene rings is 3. The fourth-order valence-electron chi connectivity index (χ4n) is 3.62. The molecule has 6 nitrogen and oxygen atoms in total. The highest BCUT2D eigenvalue weighted by Gasteiger charge is 2.31. The molecule has 4 rings (SSSR count). The van der Waals surface area contributed by atoms with Crippen LogP contribution in [-0.2, 0) is 15.6 Å². The predicted octanol–water partition coefficient (Wildman–Crippen LogP) is 3.75. The summed E-state index contributed by atoms with van der Waals surface area (Å²) in [5.41, 5.74) is 5.82. The number of nitrogens with two attached hydrogens (primary N) is 1. The second-order valence-electron chi connectivity index (χ2n) is 7.82. The molecule has 0 radical (unpaired) electrons. The molecular formula is C23H19ClF2N2O4S. The van der Waals surface area contributed by atoms with E-state index in [0.29, 0.717) is 24.7 Å². The third-order valence-electron chi connectivity index (χ3n) is 5.37. The van der Waals surface area contributed by atoms with Gasteiger partial charge in [0.15, 0.2) is 15.6 Å². The van der Waals surface area contributed by atoms with Crippen LogP contribution in [0.1, 0.15) is 15.9 Å². The molecule has 172 valence electrons. The standard InChI is InChI=1S/C23H19ClF2N2O4S/c24-18-7-14(23(30)28-10-16(27)11-28)8-21(22(18)29)33(31,32)12-15-6-17(20(26)9-19(15)25)13-4-2-1-3-5-13/h1-9,16,29H,10-12,27H2. The Bertz CT molecular complexity index is 1340. The highest BCUT2D eigenvalue weighted by atomic mass is 35.5. The van der Waals surface area contributed by atoms with E-state index in [-0.39, 0.29) is 27.8 Å². The van der Waals surface area contributed by atoms with Gasteiger partial charge in [-0.3, -0.25) is 4.79 Å². The molecule has 0 atom stereocenters. The molecule has 3 aromatic rings. The molecule has 1 saturated heterocycles. The first-order chi connectivity index (χ1) is 15.6. The molecule has 1 aliphatic rings. The van der Waals surface area contributed by atoms with Crippen LogP contribution in [0.4, 0.5) is 8.78 Å². The molecular weight excluding hydrogens is 474 g/mol. The topological polar surface area (TPSA) is 101 Å². The maximum atomic E-state index is 14.5. The summed E-state index contributed by atoms with van der Waals surface area (Å²) in [6.45, 7) is 0.616. The van der Waals surface area contributed by atoms with Gasteiger partial charge in [-0.05, 0) is 23.8 Å². The number of nitrogens with zero attached hydrogens (tertiary/aromatic N) is 1. The van der Waals surface area contributed by atoms with Crippen molar-refractivity contribution < 1.29 is 27.1 Å². The van der Waals surface area contributed by atoms with Crippen molar-refractivity contribution in [2.24, 2.45) is 5.73 Å². The summed E-state index contributed by atoms with van der Waals surface area (Å²) in [5.74, 6) is -4.02. The molecule has 33 heavy (non-hydrogen) atoms. The first-order valence-corrected chi connectivity index (χ1v) is 11.9. The lowest BCUT2D eigenvalue weighted by molar-refractivity contribution is 0.0608. The second kappa shape index (κ2) is 8.74. The van der Waals surface area contributed by atoms with Gasteiger partial charge in [-0.25, -0.2) is 17.2 Å². The summed E-state index contributed by atoms with van der Waals surface area (Å²) < 4.78 is 55.1. The molecule has 0 saturated carbocycles. The van der Waals surface area contributed by atoms with Crippen molar-refractivity contribution in [2.75, 3.05) is 13.1 Å². The van der Waals surface area contributed by atoms with Crippen LogP contribution in [0, 0.1) is 11.6 Å². The number of carbonyl (C=O) groups is 1. The molecule has 3 N–H and O–H groups in total. The zero-order chi connectivity index (χ0) is 23.9. The van der Waals surface area contributed by atoms with Gasteiger partial charge >= 0.3 is 0 Å². The number of hydrogen-bond donors (Lipinski definition) is 2. The number of rotatable bonds is 5. The monoisotopic (exact) mass is 492 g/mol. The van der Waals surface area contributed by atoms with E-state index in [1.165, 1.54) is 4.90 Å². The van der Waals surface area contributed by atoms with Crippen LogP contribution in [0.15, 0.2) is 59.5 Å². The molecule has 1 fully saturated rings. The van der Waals surface area contributed by atoms with E-state index < -0.39 is 43.8 Å². The van der Waals surface area contributed by atoms with E-state index in [2.05, 4.69) is 0 Å². The lowest BCUT2D eigenvalue weighted by Crippen LogP contribution is -2.57. The number of phenolic OH excluding ortho intramolecular Hbond substituents is 1. The Morgan fingerprint density at radius 2 is 1.76 bits per heavy atom. The molecule has 0 spiro atoms. The summed E-state index contributed by atoms with van der Waals surface area (Å²) in [4.78, 5) is 13.4. The van der Waals surface area contributed by atoms with Crippen molar-refractivity contribution in [2.45, 2.75) is 16.7 Å². The third kappa shape index (κ3) is 4.57. The first kappa shape index (κ1) is 23.2. The van der Waals surface area contributed by atoms with Crippen LogP contribution >= 0.6 is 11.6 Å². The number of phenols is 1. The van der Waals surface area contributed by atoms with E-state index in [0.717, 1.165) is 18.2 Å². The Balaban J connectivity index is 1.72. The van der Waals surface area contributed by atoms with Gasteiger partial charge in [0.1, 0.15) is 16.5 Å². The normalized spacial score (nSPS) is 14.2. The van der Waals surface area contributed by atoms with Gasteiger partial charge < -0.3 is 15.7 Å². The van der Waals surface area contributed by atoms with Crippen molar-refractivity contribution in [3.63, 3.8) is 0 Å². The molecule has 10 heteroatoms. The Labute approximate surface area is 194 Å². The number of likely N-dealkylation sites (tertiary alicyclic amines) is 1. The van der Waals surface area contributed by atoms with Gasteiger partial charge in [0.05, 0.1) is 10.8 Å². The van der Waals surface area contributed by atoms with E-state index in [1.807, 2.05) is 0 Å². The minimum atomic E-state index is -4.37. The zero-order valence-corrected chi connectivity index (χ0v) is 18.7. The van der Waals surface area contributed by atoms with Crippen LogP contribution < -0.4 is 5.73 Å². The van der Waals surface area contributed by atoms with Crippen molar-refractivity contribution in [1.29, 1.82) is 0 Å². The molecule has 0 aromatic heterocycles. The SMILES string of the molecule is NC1CN(C(=O)c2cc(Cl)c(O)c(S(=O)(=O)Cc3cc(-c4ccccc4)c(F)cc3F)c2)C1. The van der Waals surface area contributed by atoms with Crippen molar-refractivity contribution >= 4 is 27.3 Å². The zero-order valence-electron chi connectivity index (χ0n) is 17.1. The lowest BCUT2D eigenvalue weighted by Gasteiger charge is -2.37. The van der Waals surface area contributed by atoms with Gasteiger partial charge in [0.2, 0.25) is 0 Å². The molecule has 1 amide bonds. The van der Waals surface area contributed by atoms with Crippen molar-refractivity contribution in [3.8, 4) is 16.9 Å². The number of sulfone groups is 1. The van der Waals surface area contributed by atoms with Crippen molar-refractivity contribution in [3.05, 3.63) is 82.4 Å². The number of hydrogen-bond acceptors (Lipinski definition) is 5. The predicted molar refractivity (Wildman–Crippen MR) is 120 cm³/mol. The maximum absolute atomic E-state index is 14.5. The van der Waals surface area contributed by atoms with Crippen LogP contribution in [0.25, 0.3) is 11.1 Å². The lowest BCUT2D eigenvalue weighted by atomic mass is 10.0. The fraction of sp³-hybridized carbons (Fsp3) is 0.174. The summed E-state index contributed by atoms with van der Waals surface area (Å²) in [7, 11) is -4.37. The highest BCUT2D eigenvalue weighted by Crippen LogP contribution is 2.36. The number of halogens is 3. The van der Waals surface area contributed by atoms with E-state index in [9.17, 15) is 27.1 Å². The van der Waals surface area contributed by atoms with Gasteiger partial charge in [-0.15, -0.1) is 0 Å². The summed E-state index contributed by atoms with van der Waals surface area (Å²) >= 11 is 5.99. The summed E-state index contributed by atoms with van der Waals surface area (Å²) in [6.07, 6.45) is 0. The fourth-order valence-corrected chi connectivity index (χ4v) is 5.39. The first-order valence-electron chi connectivity index (χ1n) is 9.90. The van der Waals surface area contributed by atoms with E-state index in [4.69, 9.17) is 17.3 Å². The van der Waals surface area contributed by atoms with Gasteiger partial charge in [0.25, 0.3) is 5.91 Å². The van der Waals surface area contributed by atoms with Crippen LogP contribution in [-0.4, -0.2) is 43.5 Å². The third-order valence-corrected chi connectivity index (χ3v) is 7.33. The average Bonchev–Trinajstić information content (AvgIpc) is 2.75. The minimum Gasteiger partial charge on any atom is -0.505 e. The molecule has 0 bridgehead atoms. The molecule has 0 aliphatic carbocycles. The molecule has 3 aromatic carbocycles. The highest BCUT2D eigenvalue weighted by molar-refractivity contribution is 7.90. The minimum absolute atomic E-state index is 0.0301. The Morgan fingerprint density at radius 3 is 2.39 bits per heavy atom. The largest absolute Gasteiger partial charge is 0.505 e. The van der Waals surface area contributed by atoms with Crippen LogP contribution in [0.2, 0.25) is 5.02 Å². The number of aromatic hydroxyl groups is 1. The number of amides is 1. The Kier molecular flexibility index (Phi) is 6.13. The molecule has 1 heterocycles. The van der Waals surface area contributed by atoms with Gasteiger partial charge in [-0.2, -0.15) is 0 Å². The van der Waals surface area contributed by atoms with Gasteiger partial charge in [-0.1, -0.05) is 41.9 Å². The van der Waals surface area contributed by atoms with E-state index >= 15 is 0 Å². The summed E-state index contributed by atoms with van der Waals surface area (Å²) in [6, 6.07) is 12.0. The molecule has 0 unspecified atom stereocenters. The van der Waals surface area contributed by atoms with Gasteiger partial charge in [0, 0.05) is 41.9 Å². The Morgan fingerprint density at radius 1 is 1.09 bits per heavy atom. The van der Waals surface area contributed by atoms with E-state index in [1.54, 1.807) is 30.3 Å². The van der Waals surface area contributed by atoms with Crippen LogP contribution in [0.3, 0.4) is 0 Å². The second-order valence-corrected chi connectivity index (χ2v) is 10.2. The smallest absolute Gasteiger partial charge is 0.254 e. The van der Waals surface area contributed by atoms with Crippen molar-refractivity contribution in [1.82, 2.24) is 4.90 Å². The quantitative estimate of drug-likeness (QED) is 0.565. The average molecular weight is 493 g/mol. The summed E-state index contributed by atoms with van der Waals surface area (Å²) in [5, 5.41) is 9.97. The number of carbonyl (C=O) groups excluding carboxylic acids is 1.